The van der Waals surface area contributed by atoms with E-state index in [1.54, 1.807) is 42.5 Å². The Labute approximate surface area is 170 Å². The van der Waals surface area contributed by atoms with E-state index < -0.39 is 4.92 Å². The lowest BCUT2D eigenvalue weighted by atomic mass is 10.1. The highest BCUT2D eigenvalue weighted by Gasteiger charge is 2.15. The van der Waals surface area contributed by atoms with Crippen LogP contribution in [0.25, 0.3) is 11.3 Å². The lowest BCUT2D eigenvalue weighted by Crippen LogP contribution is -2.17. The third kappa shape index (κ3) is 4.99. The molecule has 0 fully saturated rings. The summed E-state index contributed by atoms with van der Waals surface area (Å²) in [5.74, 6) is 1.07. The maximum Gasteiger partial charge on any atom is 0.288 e. The molecule has 1 aromatic heterocycles. The Bertz CT molecular complexity index is 1060. The zero-order chi connectivity index (χ0) is 20.8. The van der Waals surface area contributed by atoms with Crippen LogP contribution in [0, 0.1) is 10.1 Å². The van der Waals surface area contributed by atoms with E-state index in [1.165, 1.54) is 18.3 Å². The van der Waals surface area contributed by atoms with Crippen LogP contribution < -0.4 is 10.2 Å². The number of furan rings is 1. The fourth-order valence-corrected chi connectivity index (χ4v) is 2.66. The molecule has 0 bridgehead atoms. The van der Waals surface area contributed by atoms with Gasteiger partial charge in [-0.1, -0.05) is 11.6 Å². The minimum atomic E-state index is -0.562. The van der Waals surface area contributed by atoms with E-state index in [2.05, 4.69) is 10.5 Å². The molecule has 1 N–H and O–H groups in total. The number of nitrogens with zero attached hydrogens (tertiary/aromatic N) is 2. The zero-order valence-electron chi connectivity index (χ0n) is 15.3. The van der Waals surface area contributed by atoms with Gasteiger partial charge in [-0.2, -0.15) is 5.10 Å². The molecule has 3 rings (SSSR count). The third-order valence-corrected chi connectivity index (χ3v) is 4.16. The van der Waals surface area contributed by atoms with E-state index in [9.17, 15) is 14.9 Å². The molecule has 3 aromatic rings. The highest BCUT2D eigenvalue weighted by molar-refractivity contribution is 6.32. The first-order valence-electron chi connectivity index (χ1n) is 8.58. The maximum atomic E-state index is 12.1. The Hall–Kier alpha value is -3.65. The molecule has 0 aliphatic carbocycles. The minimum Gasteiger partial charge on any atom is -0.494 e. The standard InChI is InChI=1S/C20H16ClN3O5/c1-2-28-15-6-3-13(4-7-15)20(25)23-22-12-16-8-10-19(29-16)14-5-9-17(21)18(11-14)24(26)27/h3-12H,2H2,1H3,(H,23,25)/b22-12+. The van der Waals surface area contributed by atoms with Gasteiger partial charge in [0, 0.05) is 17.2 Å². The molecular weight excluding hydrogens is 398 g/mol. The molecule has 0 unspecified atom stereocenters. The maximum absolute atomic E-state index is 12.1. The average molecular weight is 414 g/mol. The van der Waals surface area contributed by atoms with Gasteiger partial charge in [0.25, 0.3) is 11.6 Å². The van der Waals surface area contributed by atoms with Gasteiger partial charge in [0.1, 0.15) is 22.3 Å². The molecule has 0 atom stereocenters. The molecule has 9 heteroatoms. The van der Waals surface area contributed by atoms with Crippen molar-refractivity contribution in [1.29, 1.82) is 0 Å². The summed E-state index contributed by atoms with van der Waals surface area (Å²) in [6.07, 6.45) is 1.33. The minimum absolute atomic E-state index is 0.0455. The van der Waals surface area contributed by atoms with Crippen molar-refractivity contribution >= 4 is 29.4 Å². The van der Waals surface area contributed by atoms with E-state index in [4.69, 9.17) is 20.8 Å². The van der Waals surface area contributed by atoms with Gasteiger partial charge in [0.05, 0.1) is 17.7 Å². The van der Waals surface area contributed by atoms with Crippen LogP contribution in [-0.2, 0) is 0 Å². The van der Waals surface area contributed by atoms with Gasteiger partial charge in [0.2, 0.25) is 0 Å². The number of nitrogens with one attached hydrogen (secondary N) is 1. The molecule has 1 heterocycles. The Kier molecular flexibility index (Phi) is 6.25. The van der Waals surface area contributed by atoms with E-state index in [1.807, 2.05) is 6.92 Å². The fourth-order valence-electron chi connectivity index (χ4n) is 2.47. The second kappa shape index (κ2) is 9.03. The van der Waals surface area contributed by atoms with E-state index in [0.717, 1.165) is 0 Å². The number of hydrogen-bond donors (Lipinski definition) is 1. The number of carbonyl (C=O) groups excluding carboxylic acids is 1. The number of nitro groups is 1. The summed E-state index contributed by atoms with van der Waals surface area (Å²) in [4.78, 5) is 22.5. The summed E-state index contributed by atoms with van der Waals surface area (Å²) in [7, 11) is 0. The lowest BCUT2D eigenvalue weighted by molar-refractivity contribution is -0.384. The SMILES string of the molecule is CCOc1ccc(C(=O)N/N=C/c2ccc(-c3ccc(Cl)c([N+](=O)[O-])c3)o2)cc1. The smallest absolute Gasteiger partial charge is 0.288 e. The number of nitro benzene ring substituents is 1. The molecule has 1 amide bonds. The summed E-state index contributed by atoms with van der Waals surface area (Å²) in [6, 6.07) is 14.3. The molecule has 0 radical (unpaired) electrons. The second-order valence-corrected chi connectivity index (χ2v) is 6.19. The fraction of sp³-hybridized carbons (Fsp3) is 0.100. The number of hydrazone groups is 1. The van der Waals surface area contributed by atoms with Crippen LogP contribution >= 0.6 is 11.6 Å². The van der Waals surface area contributed by atoms with Crippen molar-refractivity contribution < 1.29 is 18.9 Å². The Balaban J connectivity index is 1.65. The van der Waals surface area contributed by atoms with Crippen LogP contribution in [-0.4, -0.2) is 23.7 Å². The van der Waals surface area contributed by atoms with Crippen molar-refractivity contribution in [3.8, 4) is 17.1 Å². The number of rotatable bonds is 7. The summed E-state index contributed by atoms with van der Waals surface area (Å²) in [5.41, 5.74) is 3.12. The topological polar surface area (TPSA) is 107 Å². The van der Waals surface area contributed by atoms with Gasteiger partial charge in [-0.05, 0) is 55.5 Å². The van der Waals surface area contributed by atoms with Crippen molar-refractivity contribution in [1.82, 2.24) is 5.43 Å². The highest BCUT2D eigenvalue weighted by atomic mass is 35.5. The summed E-state index contributed by atoms with van der Waals surface area (Å²) in [5, 5.41) is 14.9. The van der Waals surface area contributed by atoms with Gasteiger partial charge >= 0.3 is 0 Å². The largest absolute Gasteiger partial charge is 0.494 e. The number of halogens is 1. The normalized spacial score (nSPS) is 10.8. The second-order valence-electron chi connectivity index (χ2n) is 5.78. The van der Waals surface area contributed by atoms with Crippen molar-refractivity contribution in [2.75, 3.05) is 6.61 Å². The molecule has 0 aliphatic heterocycles. The number of hydrogen-bond acceptors (Lipinski definition) is 6. The van der Waals surface area contributed by atoms with Crippen LogP contribution in [0.3, 0.4) is 0 Å². The van der Waals surface area contributed by atoms with Crippen LogP contribution in [0.2, 0.25) is 5.02 Å². The molecule has 29 heavy (non-hydrogen) atoms. The number of benzene rings is 2. The van der Waals surface area contributed by atoms with Gasteiger partial charge in [0.15, 0.2) is 0 Å². The number of amides is 1. The summed E-state index contributed by atoms with van der Waals surface area (Å²) in [6.45, 7) is 2.42. The summed E-state index contributed by atoms with van der Waals surface area (Å²) >= 11 is 5.82. The first-order valence-corrected chi connectivity index (χ1v) is 8.96. The monoisotopic (exact) mass is 413 g/mol. The van der Waals surface area contributed by atoms with Gasteiger partial charge in [-0.25, -0.2) is 5.43 Å². The molecule has 0 spiro atoms. The van der Waals surface area contributed by atoms with Gasteiger partial charge < -0.3 is 9.15 Å². The molecule has 0 aliphatic rings. The molecular formula is C20H16ClN3O5. The van der Waals surface area contributed by atoms with Crippen LogP contribution in [0.5, 0.6) is 5.75 Å². The predicted molar refractivity (Wildman–Crippen MR) is 108 cm³/mol. The predicted octanol–water partition coefficient (Wildman–Crippen LogP) is 4.67. The molecule has 8 nitrogen and oxygen atoms in total. The van der Waals surface area contributed by atoms with Crippen molar-refractivity contribution in [2.24, 2.45) is 5.10 Å². The first-order chi connectivity index (χ1) is 14.0. The molecule has 0 saturated heterocycles. The molecule has 2 aromatic carbocycles. The number of ether oxygens (including phenoxy) is 1. The highest BCUT2D eigenvalue weighted by Crippen LogP contribution is 2.31. The van der Waals surface area contributed by atoms with Crippen LogP contribution in [0.4, 0.5) is 5.69 Å². The first kappa shape index (κ1) is 20.1. The third-order valence-electron chi connectivity index (χ3n) is 3.84. The van der Waals surface area contributed by atoms with E-state index >= 15 is 0 Å². The Morgan fingerprint density at radius 2 is 2.00 bits per heavy atom. The van der Waals surface area contributed by atoms with Crippen LogP contribution in [0.1, 0.15) is 23.0 Å². The zero-order valence-corrected chi connectivity index (χ0v) is 16.1. The summed E-state index contributed by atoms with van der Waals surface area (Å²) < 4.78 is 10.9. The van der Waals surface area contributed by atoms with Gasteiger partial charge in [-0.15, -0.1) is 0 Å². The molecule has 0 saturated carbocycles. The van der Waals surface area contributed by atoms with E-state index in [-0.39, 0.29) is 16.6 Å². The van der Waals surface area contributed by atoms with Gasteiger partial charge in [-0.3, -0.25) is 14.9 Å². The Morgan fingerprint density at radius 1 is 1.24 bits per heavy atom. The lowest BCUT2D eigenvalue weighted by Gasteiger charge is -2.03. The van der Waals surface area contributed by atoms with Crippen molar-refractivity contribution in [3.63, 3.8) is 0 Å². The average Bonchev–Trinajstić information content (AvgIpc) is 3.18. The number of carbonyl (C=O) groups is 1. The quantitative estimate of drug-likeness (QED) is 0.344. The Morgan fingerprint density at radius 3 is 2.69 bits per heavy atom. The van der Waals surface area contributed by atoms with E-state index in [0.29, 0.717) is 35.0 Å². The van der Waals surface area contributed by atoms with Crippen molar-refractivity contribution in [3.05, 3.63) is 81.1 Å². The van der Waals surface area contributed by atoms with Crippen LogP contribution in [0.15, 0.2) is 64.1 Å². The molecule has 148 valence electrons. The van der Waals surface area contributed by atoms with Crippen molar-refractivity contribution in [2.45, 2.75) is 6.92 Å².